The highest BCUT2D eigenvalue weighted by atomic mass is 16.1. The number of hydrogen-bond acceptors (Lipinski definition) is 4. The average Bonchev–Trinajstić information content (AvgIpc) is 2.80. The smallest absolute Gasteiger partial charge is 0.233 e. The van der Waals surface area contributed by atoms with Gasteiger partial charge in [0.1, 0.15) is 11.6 Å². The zero-order chi connectivity index (χ0) is 16.3. The third-order valence-corrected chi connectivity index (χ3v) is 3.42. The monoisotopic (exact) mass is 301 g/mol. The third kappa shape index (κ3) is 3.90. The van der Waals surface area contributed by atoms with Crippen LogP contribution in [0.1, 0.15) is 56.7 Å². The molecule has 22 heavy (non-hydrogen) atoms. The van der Waals surface area contributed by atoms with E-state index in [9.17, 15) is 4.79 Å². The van der Waals surface area contributed by atoms with E-state index in [0.717, 1.165) is 11.4 Å². The molecular weight excluding hydrogens is 278 g/mol. The predicted octanol–water partition coefficient (Wildman–Crippen LogP) is 2.64. The van der Waals surface area contributed by atoms with Crippen molar-refractivity contribution >= 4 is 11.7 Å². The molecule has 2 heterocycles. The molecule has 0 aromatic carbocycles. The first-order valence-electron chi connectivity index (χ1n) is 7.52. The van der Waals surface area contributed by atoms with Crippen LogP contribution in [0.15, 0.2) is 18.3 Å². The Hall–Kier alpha value is -2.24. The van der Waals surface area contributed by atoms with Crippen LogP contribution in [0.2, 0.25) is 0 Å². The van der Waals surface area contributed by atoms with Gasteiger partial charge in [-0.15, -0.1) is 0 Å². The second-order valence-corrected chi connectivity index (χ2v) is 6.02. The predicted molar refractivity (Wildman–Crippen MR) is 85.8 cm³/mol. The van der Waals surface area contributed by atoms with E-state index in [1.165, 1.54) is 0 Å². The maximum atomic E-state index is 12.2. The summed E-state index contributed by atoms with van der Waals surface area (Å²) in [7, 11) is 1.80. The number of nitrogens with zero attached hydrogens (tertiary/aromatic N) is 4. The Morgan fingerprint density at radius 3 is 2.59 bits per heavy atom. The topological polar surface area (TPSA) is 72.7 Å². The maximum Gasteiger partial charge on any atom is 0.233 e. The van der Waals surface area contributed by atoms with Gasteiger partial charge in [-0.2, -0.15) is 5.10 Å². The zero-order valence-corrected chi connectivity index (χ0v) is 13.8. The largest absolute Gasteiger partial charge is 0.310 e. The Labute approximate surface area is 131 Å². The Balaban J connectivity index is 2.05. The Morgan fingerprint density at radius 2 is 2.00 bits per heavy atom. The highest BCUT2D eigenvalue weighted by Gasteiger charge is 2.14. The molecule has 0 atom stereocenters. The molecule has 0 fully saturated rings. The van der Waals surface area contributed by atoms with E-state index >= 15 is 0 Å². The molecule has 0 radical (unpaired) electrons. The molecule has 6 heteroatoms. The van der Waals surface area contributed by atoms with Crippen molar-refractivity contribution in [2.75, 3.05) is 5.32 Å². The highest BCUT2D eigenvalue weighted by molar-refractivity contribution is 5.90. The number of carbonyl (C=O) groups is 1. The summed E-state index contributed by atoms with van der Waals surface area (Å²) >= 11 is 0. The number of rotatable bonds is 5. The van der Waals surface area contributed by atoms with Gasteiger partial charge in [-0.1, -0.05) is 27.7 Å². The van der Waals surface area contributed by atoms with Crippen molar-refractivity contribution in [2.24, 2.45) is 7.05 Å². The molecule has 0 spiro atoms. The molecule has 0 bridgehead atoms. The summed E-state index contributed by atoms with van der Waals surface area (Å²) in [4.78, 5) is 20.8. The van der Waals surface area contributed by atoms with Crippen molar-refractivity contribution in [2.45, 2.75) is 46.0 Å². The molecule has 1 amide bonds. The molecule has 0 saturated carbocycles. The van der Waals surface area contributed by atoms with Crippen LogP contribution < -0.4 is 5.32 Å². The fourth-order valence-electron chi connectivity index (χ4n) is 2.04. The first-order valence-corrected chi connectivity index (χ1v) is 7.52. The Bertz CT molecular complexity index is 660. The summed E-state index contributed by atoms with van der Waals surface area (Å²) in [5.41, 5.74) is 1.14. The lowest BCUT2D eigenvalue weighted by Gasteiger charge is -2.08. The average molecular weight is 301 g/mol. The summed E-state index contributed by atoms with van der Waals surface area (Å²) in [6, 6.07) is 3.86. The van der Waals surface area contributed by atoms with E-state index < -0.39 is 0 Å². The lowest BCUT2D eigenvalue weighted by atomic mass is 10.1. The second kappa shape index (κ2) is 6.68. The summed E-state index contributed by atoms with van der Waals surface area (Å²) in [5, 5.41) is 7.14. The number of pyridine rings is 1. The van der Waals surface area contributed by atoms with E-state index in [1.807, 2.05) is 26.0 Å². The molecule has 0 aliphatic carbocycles. The standard InChI is InChI=1S/C16H23N5O/c1-10(2)12-6-7-17-13(8-12)18-15(22)9-14-19-16(11(3)4)20-21(14)5/h6-8,10-11H,9H2,1-5H3,(H,17,18,22). The molecule has 2 aromatic heterocycles. The number of carbonyl (C=O) groups excluding carboxylic acids is 1. The quantitative estimate of drug-likeness (QED) is 0.921. The maximum absolute atomic E-state index is 12.2. The summed E-state index contributed by atoms with van der Waals surface area (Å²) in [5.74, 6) is 2.48. The van der Waals surface area contributed by atoms with Gasteiger partial charge in [-0.25, -0.2) is 9.97 Å². The van der Waals surface area contributed by atoms with Crippen molar-refractivity contribution in [3.05, 3.63) is 35.5 Å². The van der Waals surface area contributed by atoms with Crippen LogP contribution in [0, 0.1) is 0 Å². The molecule has 0 aliphatic heterocycles. The van der Waals surface area contributed by atoms with Crippen molar-refractivity contribution in [3.8, 4) is 0 Å². The van der Waals surface area contributed by atoms with Gasteiger partial charge in [-0.05, 0) is 23.6 Å². The van der Waals surface area contributed by atoms with Crippen LogP contribution in [0.4, 0.5) is 5.82 Å². The second-order valence-electron chi connectivity index (χ2n) is 6.02. The number of aromatic nitrogens is 4. The molecule has 0 saturated heterocycles. The molecule has 6 nitrogen and oxygen atoms in total. The number of anilines is 1. The number of amides is 1. The minimum absolute atomic E-state index is 0.140. The minimum Gasteiger partial charge on any atom is -0.310 e. The fraction of sp³-hybridized carbons (Fsp3) is 0.500. The summed E-state index contributed by atoms with van der Waals surface area (Å²) in [6.45, 7) is 8.27. The van der Waals surface area contributed by atoms with Crippen molar-refractivity contribution in [3.63, 3.8) is 0 Å². The van der Waals surface area contributed by atoms with Crippen LogP contribution in [0.25, 0.3) is 0 Å². The van der Waals surface area contributed by atoms with Gasteiger partial charge in [0.05, 0.1) is 6.42 Å². The van der Waals surface area contributed by atoms with Gasteiger partial charge >= 0.3 is 0 Å². The Kier molecular flexibility index (Phi) is 4.90. The van der Waals surface area contributed by atoms with Crippen molar-refractivity contribution in [1.82, 2.24) is 19.7 Å². The summed E-state index contributed by atoms with van der Waals surface area (Å²) < 4.78 is 1.66. The lowest BCUT2D eigenvalue weighted by molar-refractivity contribution is -0.115. The highest BCUT2D eigenvalue weighted by Crippen LogP contribution is 2.16. The van der Waals surface area contributed by atoms with Gasteiger partial charge in [0.2, 0.25) is 5.91 Å². The normalized spacial score (nSPS) is 11.2. The van der Waals surface area contributed by atoms with E-state index in [4.69, 9.17) is 0 Å². The molecule has 118 valence electrons. The van der Waals surface area contributed by atoms with E-state index in [2.05, 4.69) is 34.2 Å². The molecule has 2 aromatic rings. The van der Waals surface area contributed by atoms with E-state index in [0.29, 0.717) is 17.6 Å². The molecule has 0 unspecified atom stereocenters. The number of nitrogens with one attached hydrogen (secondary N) is 1. The van der Waals surface area contributed by atoms with Crippen LogP contribution in [-0.2, 0) is 18.3 Å². The van der Waals surface area contributed by atoms with Crippen LogP contribution in [0.5, 0.6) is 0 Å². The van der Waals surface area contributed by atoms with Gasteiger partial charge in [-0.3, -0.25) is 9.48 Å². The minimum atomic E-state index is -0.140. The SMILES string of the molecule is CC(C)c1ccnc(NC(=O)Cc2nc(C(C)C)nn2C)c1. The van der Waals surface area contributed by atoms with E-state index in [-0.39, 0.29) is 18.2 Å². The lowest BCUT2D eigenvalue weighted by Crippen LogP contribution is -2.18. The molecular formula is C16H23N5O. The molecule has 1 N–H and O–H groups in total. The first kappa shape index (κ1) is 16.1. The van der Waals surface area contributed by atoms with Crippen LogP contribution in [-0.4, -0.2) is 25.7 Å². The zero-order valence-electron chi connectivity index (χ0n) is 13.8. The van der Waals surface area contributed by atoms with Crippen LogP contribution >= 0.6 is 0 Å². The number of hydrogen-bond donors (Lipinski definition) is 1. The Morgan fingerprint density at radius 1 is 1.27 bits per heavy atom. The van der Waals surface area contributed by atoms with Gasteiger partial charge in [0.15, 0.2) is 5.82 Å². The molecule has 2 rings (SSSR count). The third-order valence-electron chi connectivity index (χ3n) is 3.42. The number of aryl methyl sites for hydroxylation is 1. The van der Waals surface area contributed by atoms with Gasteiger partial charge in [0.25, 0.3) is 0 Å². The van der Waals surface area contributed by atoms with Crippen LogP contribution in [0.3, 0.4) is 0 Å². The first-order chi connectivity index (χ1) is 10.4. The van der Waals surface area contributed by atoms with E-state index in [1.54, 1.807) is 17.9 Å². The van der Waals surface area contributed by atoms with Gasteiger partial charge in [0, 0.05) is 19.2 Å². The van der Waals surface area contributed by atoms with Gasteiger partial charge < -0.3 is 5.32 Å². The fourth-order valence-corrected chi connectivity index (χ4v) is 2.04. The van der Waals surface area contributed by atoms with Crippen molar-refractivity contribution in [1.29, 1.82) is 0 Å². The summed E-state index contributed by atoms with van der Waals surface area (Å²) in [6.07, 6.45) is 1.90. The molecule has 0 aliphatic rings. The van der Waals surface area contributed by atoms with Crippen molar-refractivity contribution < 1.29 is 4.79 Å².